The number of piperidine rings is 2. The van der Waals surface area contributed by atoms with Gasteiger partial charge in [0.05, 0.1) is 5.56 Å². The minimum Gasteiger partial charge on any atom is -0.335 e. The molecule has 2 aliphatic heterocycles. The summed E-state index contributed by atoms with van der Waals surface area (Å²) >= 11 is 0. The van der Waals surface area contributed by atoms with Crippen LogP contribution in [0.2, 0.25) is 0 Å². The number of carbonyl (C=O) groups excluding carboxylic acids is 1. The average molecular weight is 369 g/mol. The summed E-state index contributed by atoms with van der Waals surface area (Å²) in [4.78, 5) is 14.6. The van der Waals surface area contributed by atoms with Crippen molar-refractivity contribution < 1.29 is 17.6 Å². The van der Waals surface area contributed by atoms with E-state index in [1.54, 1.807) is 17.0 Å². The number of hydrogen-bond donors (Lipinski definition) is 0. The van der Waals surface area contributed by atoms with E-state index in [0.717, 1.165) is 12.8 Å². The lowest BCUT2D eigenvalue weighted by Gasteiger charge is -2.47. The van der Waals surface area contributed by atoms with Gasteiger partial charge in [-0.25, -0.2) is 4.39 Å². The summed E-state index contributed by atoms with van der Waals surface area (Å²) in [5.74, 6) is -0.716. The van der Waals surface area contributed by atoms with E-state index >= 15 is 0 Å². The highest BCUT2D eigenvalue weighted by atomic mass is 32.2. The van der Waals surface area contributed by atoms with Gasteiger partial charge in [-0.15, -0.1) is 0 Å². The fourth-order valence-corrected chi connectivity index (χ4v) is 5.03. The van der Waals surface area contributed by atoms with Crippen LogP contribution >= 0.6 is 0 Å². The van der Waals surface area contributed by atoms with Gasteiger partial charge in [0.2, 0.25) is 0 Å². The predicted octanol–water partition coefficient (Wildman–Crippen LogP) is 1.56. The van der Waals surface area contributed by atoms with Crippen molar-refractivity contribution in [3.63, 3.8) is 0 Å². The molecule has 0 radical (unpaired) electrons. The molecular formula is C17H24FN3O3S. The van der Waals surface area contributed by atoms with E-state index in [9.17, 15) is 17.6 Å². The number of benzene rings is 1. The van der Waals surface area contributed by atoms with Crippen LogP contribution in [0.3, 0.4) is 0 Å². The van der Waals surface area contributed by atoms with E-state index < -0.39 is 16.0 Å². The van der Waals surface area contributed by atoms with Crippen molar-refractivity contribution in [1.29, 1.82) is 0 Å². The van der Waals surface area contributed by atoms with Crippen LogP contribution in [0, 0.1) is 11.7 Å². The molecule has 0 aromatic heterocycles. The third kappa shape index (κ3) is 3.43. The summed E-state index contributed by atoms with van der Waals surface area (Å²) < 4.78 is 41.4. The summed E-state index contributed by atoms with van der Waals surface area (Å²) in [6.45, 7) is 1.38. The van der Waals surface area contributed by atoms with Gasteiger partial charge in [-0.1, -0.05) is 12.1 Å². The molecule has 3 rings (SSSR count). The zero-order valence-corrected chi connectivity index (χ0v) is 15.4. The van der Waals surface area contributed by atoms with E-state index in [1.807, 2.05) is 0 Å². The summed E-state index contributed by atoms with van der Waals surface area (Å²) in [6.07, 6.45) is 2.26. The average Bonchev–Trinajstić information content (AvgIpc) is 2.60. The van der Waals surface area contributed by atoms with Crippen LogP contribution in [-0.4, -0.2) is 67.6 Å². The topological polar surface area (TPSA) is 60.9 Å². The normalized spacial score (nSPS) is 25.0. The maximum Gasteiger partial charge on any atom is 0.281 e. The maximum absolute atomic E-state index is 14.0. The molecule has 1 aromatic carbocycles. The Balaban J connectivity index is 1.78. The van der Waals surface area contributed by atoms with E-state index in [1.165, 1.54) is 34.8 Å². The zero-order chi connectivity index (χ0) is 18.2. The minimum absolute atomic E-state index is 0.0329. The molecule has 1 aromatic rings. The molecule has 6 nitrogen and oxygen atoms in total. The first-order chi connectivity index (χ1) is 11.8. The summed E-state index contributed by atoms with van der Waals surface area (Å²) in [5, 5.41) is 0. The molecule has 0 bridgehead atoms. The number of carbonyl (C=O) groups is 1. The molecule has 2 heterocycles. The van der Waals surface area contributed by atoms with E-state index in [-0.39, 0.29) is 23.4 Å². The van der Waals surface area contributed by atoms with Crippen LogP contribution in [0.4, 0.5) is 4.39 Å². The number of rotatable bonds is 3. The molecule has 138 valence electrons. The smallest absolute Gasteiger partial charge is 0.281 e. The maximum atomic E-state index is 14.0. The largest absolute Gasteiger partial charge is 0.335 e. The highest BCUT2D eigenvalue weighted by Crippen LogP contribution is 2.33. The van der Waals surface area contributed by atoms with Gasteiger partial charge in [-0.2, -0.15) is 17.0 Å². The van der Waals surface area contributed by atoms with Gasteiger partial charge >= 0.3 is 0 Å². The number of likely N-dealkylation sites (tertiary alicyclic amines) is 1. The van der Waals surface area contributed by atoms with Gasteiger partial charge < -0.3 is 4.90 Å². The Hall–Kier alpha value is -1.51. The van der Waals surface area contributed by atoms with Gasteiger partial charge in [-0.05, 0) is 37.3 Å². The first kappa shape index (κ1) is 18.3. The van der Waals surface area contributed by atoms with Crippen molar-refractivity contribution in [1.82, 2.24) is 13.5 Å². The lowest BCUT2D eigenvalue weighted by molar-refractivity contribution is 0.0325. The molecule has 0 aliphatic carbocycles. The predicted molar refractivity (Wildman–Crippen MR) is 92.7 cm³/mol. The highest BCUT2D eigenvalue weighted by Gasteiger charge is 2.41. The van der Waals surface area contributed by atoms with Crippen molar-refractivity contribution in [3.8, 4) is 0 Å². The van der Waals surface area contributed by atoms with Crippen LogP contribution in [-0.2, 0) is 10.2 Å². The second-order valence-corrected chi connectivity index (χ2v) is 9.03. The molecule has 0 spiro atoms. The Morgan fingerprint density at radius 1 is 1.20 bits per heavy atom. The van der Waals surface area contributed by atoms with E-state index in [4.69, 9.17) is 0 Å². The number of nitrogens with zero attached hydrogens (tertiary/aromatic N) is 3. The van der Waals surface area contributed by atoms with E-state index in [2.05, 4.69) is 0 Å². The molecule has 0 saturated carbocycles. The standard InChI is InChI=1S/C17H24FN3O3S/c1-19(2)25(23,24)20-11-9-16-13(12-20)6-5-10-21(16)17(22)14-7-3-4-8-15(14)18/h3-4,7-8,13,16H,5-6,9-12H2,1-2H3/t13-,16+/m1/s1. The monoisotopic (exact) mass is 369 g/mol. The minimum atomic E-state index is -3.44. The molecule has 2 atom stereocenters. The number of halogens is 1. The fourth-order valence-electron chi connectivity index (χ4n) is 3.85. The van der Waals surface area contributed by atoms with Crippen molar-refractivity contribution >= 4 is 16.1 Å². The summed E-state index contributed by atoms with van der Waals surface area (Å²) in [6, 6.07) is 5.99. The molecular weight excluding hydrogens is 345 g/mol. The molecule has 8 heteroatoms. The lowest BCUT2D eigenvalue weighted by Crippen LogP contribution is -2.57. The van der Waals surface area contributed by atoms with Crippen molar-refractivity contribution in [2.75, 3.05) is 33.7 Å². The Bertz CT molecular complexity index is 753. The van der Waals surface area contributed by atoms with Gasteiger partial charge in [-0.3, -0.25) is 4.79 Å². The molecule has 2 aliphatic rings. The first-order valence-corrected chi connectivity index (χ1v) is 9.95. The molecule has 0 N–H and O–H groups in total. The van der Waals surface area contributed by atoms with Crippen molar-refractivity contribution in [2.24, 2.45) is 5.92 Å². The second-order valence-electron chi connectivity index (χ2n) is 6.88. The summed E-state index contributed by atoms with van der Waals surface area (Å²) in [5.41, 5.74) is 0.0893. The molecule has 25 heavy (non-hydrogen) atoms. The lowest BCUT2D eigenvalue weighted by atomic mass is 9.84. The number of hydrogen-bond acceptors (Lipinski definition) is 3. The fraction of sp³-hybridized carbons (Fsp3) is 0.588. The third-order valence-electron chi connectivity index (χ3n) is 5.18. The Kier molecular flexibility index (Phi) is 5.13. The third-order valence-corrected chi connectivity index (χ3v) is 7.09. The van der Waals surface area contributed by atoms with Crippen LogP contribution in [0.1, 0.15) is 29.6 Å². The quantitative estimate of drug-likeness (QED) is 0.812. The van der Waals surface area contributed by atoms with Gasteiger partial charge in [0.25, 0.3) is 16.1 Å². The molecule has 1 amide bonds. The van der Waals surface area contributed by atoms with Gasteiger partial charge in [0.1, 0.15) is 5.82 Å². The zero-order valence-electron chi connectivity index (χ0n) is 14.6. The first-order valence-electron chi connectivity index (χ1n) is 8.55. The Labute approximate surface area is 148 Å². The van der Waals surface area contributed by atoms with Crippen LogP contribution in [0.15, 0.2) is 24.3 Å². The number of fused-ring (bicyclic) bond motifs is 1. The Morgan fingerprint density at radius 3 is 2.60 bits per heavy atom. The molecule has 2 saturated heterocycles. The van der Waals surface area contributed by atoms with Crippen LogP contribution in [0.25, 0.3) is 0 Å². The van der Waals surface area contributed by atoms with Gasteiger partial charge in [0.15, 0.2) is 0 Å². The summed E-state index contributed by atoms with van der Waals surface area (Å²) in [7, 11) is -0.396. The Morgan fingerprint density at radius 2 is 1.92 bits per heavy atom. The highest BCUT2D eigenvalue weighted by molar-refractivity contribution is 7.86. The van der Waals surface area contributed by atoms with Crippen molar-refractivity contribution in [3.05, 3.63) is 35.6 Å². The van der Waals surface area contributed by atoms with Crippen LogP contribution in [0.5, 0.6) is 0 Å². The number of amides is 1. The van der Waals surface area contributed by atoms with Gasteiger partial charge in [0, 0.05) is 39.8 Å². The SMILES string of the molecule is CN(C)S(=O)(=O)N1CC[C@H]2[C@H](CCCN2C(=O)c2ccccc2F)C1. The van der Waals surface area contributed by atoms with E-state index in [0.29, 0.717) is 26.1 Å². The second kappa shape index (κ2) is 7.01. The molecule has 0 unspecified atom stereocenters. The van der Waals surface area contributed by atoms with Crippen molar-refractivity contribution in [2.45, 2.75) is 25.3 Å². The molecule has 2 fully saturated rings. The van der Waals surface area contributed by atoms with Crippen LogP contribution < -0.4 is 0 Å².